The first-order valence-corrected chi connectivity index (χ1v) is 5.78. The van der Waals surface area contributed by atoms with Crippen LogP contribution < -0.4 is 0 Å². The molecule has 0 aliphatic heterocycles. The minimum Gasteiger partial charge on any atom is -0.459 e. The molecule has 0 spiro atoms. The number of carbonyl (C=O) groups is 2. The first-order chi connectivity index (χ1) is 8.41. The van der Waals surface area contributed by atoms with Gasteiger partial charge < -0.3 is 9.47 Å². The van der Waals surface area contributed by atoms with Gasteiger partial charge in [-0.25, -0.2) is 14.6 Å². The lowest BCUT2D eigenvalue weighted by Gasteiger charge is -2.11. The number of pyridine rings is 1. The number of nitrogens with zero attached hydrogens (tertiary/aromatic N) is 1. The van der Waals surface area contributed by atoms with Crippen LogP contribution in [0.2, 0.25) is 0 Å². The van der Waals surface area contributed by atoms with Gasteiger partial charge in [0.05, 0.1) is 17.8 Å². The van der Waals surface area contributed by atoms with Gasteiger partial charge >= 0.3 is 11.9 Å². The summed E-state index contributed by atoms with van der Waals surface area (Å²) < 4.78 is 10.1. The first kappa shape index (κ1) is 14.2. The molecule has 0 unspecified atom stereocenters. The summed E-state index contributed by atoms with van der Waals surface area (Å²) in [6.07, 6.45) is 0.906. The molecule has 0 atom stereocenters. The fourth-order valence-electron chi connectivity index (χ4n) is 1.28. The van der Waals surface area contributed by atoms with E-state index in [1.54, 1.807) is 33.8 Å². The molecule has 0 aliphatic rings. The molecule has 0 bridgehead atoms. The lowest BCUT2D eigenvalue weighted by molar-refractivity contribution is 0.0322. The number of rotatable bonds is 4. The maximum absolute atomic E-state index is 11.8. The zero-order valence-corrected chi connectivity index (χ0v) is 11.0. The normalized spacial score (nSPS) is 10.6. The third-order valence-corrected chi connectivity index (χ3v) is 1.91. The second-order valence-corrected chi connectivity index (χ2v) is 4.31. The van der Waals surface area contributed by atoms with Gasteiger partial charge in [0.2, 0.25) is 0 Å². The van der Waals surface area contributed by atoms with Crippen molar-refractivity contribution >= 4 is 11.9 Å². The molecule has 0 aromatic carbocycles. The molecule has 0 aliphatic carbocycles. The third-order valence-electron chi connectivity index (χ3n) is 1.91. The Morgan fingerprint density at radius 3 is 2.17 bits per heavy atom. The van der Waals surface area contributed by atoms with Crippen LogP contribution >= 0.6 is 0 Å². The SMILES string of the molecule is CC(C)OC(=O)c1cccnc1C(=O)OC(C)C. The number of carbonyl (C=O) groups excluding carboxylic acids is 2. The lowest BCUT2D eigenvalue weighted by Crippen LogP contribution is -2.20. The zero-order chi connectivity index (χ0) is 13.7. The van der Waals surface area contributed by atoms with Crippen LogP contribution in [-0.4, -0.2) is 29.1 Å². The van der Waals surface area contributed by atoms with Crippen LogP contribution in [0.4, 0.5) is 0 Å². The van der Waals surface area contributed by atoms with Crippen LogP contribution in [0.15, 0.2) is 18.3 Å². The highest BCUT2D eigenvalue weighted by atomic mass is 16.5. The van der Waals surface area contributed by atoms with Crippen LogP contribution in [-0.2, 0) is 9.47 Å². The fraction of sp³-hybridized carbons (Fsp3) is 0.462. The van der Waals surface area contributed by atoms with Gasteiger partial charge in [0, 0.05) is 6.20 Å². The largest absolute Gasteiger partial charge is 0.459 e. The van der Waals surface area contributed by atoms with Gasteiger partial charge in [-0.3, -0.25) is 0 Å². The van der Waals surface area contributed by atoms with Gasteiger partial charge in [0.15, 0.2) is 5.69 Å². The molecule has 5 nitrogen and oxygen atoms in total. The molecular formula is C13H17NO4. The second-order valence-electron chi connectivity index (χ2n) is 4.31. The summed E-state index contributed by atoms with van der Waals surface area (Å²) in [5.74, 6) is -1.20. The smallest absolute Gasteiger partial charge is 0.358 e. The molecular weight excluding hydrogens is 234 g/mol. The van der Waals surface area contributed by atoms with Crippen molar-refractivity contribution in [3.8, 4) is 0 Å². The van der Waals surface area contributed by atoms with Gasteiger partial charge in [-0.1, -0.05) is 0 Å². The van der Waals surface area contributed by atoms with E-state index in [-0.39, 0.29) is 23.5 Å². The summed E-state index contributed by atoms with van der Waals surface area (Å²) in [6.45, 7) is 6.93. The predicted molar refractivity (Wildman–Crippen MR) is 65.3 cm³/mol. The average molecular weight is 251 g/mol. The second kappa shape index (κ2) is 6.14. The number of hydrogen-bond donors (Lipinski definition) is 0. The van der Waals surface area contributed by atoms with E-state index in [4.69, 9.17) is 9.47 Å². The Hall–Kier alpha value is -1.91. The van der Waals surface area contributed by atoms with Crippen LogP contribution in [0.1, 0.15) is 48.5 Å². The topological polar surface area (TPSA) is 65.5 Å². The van der Waals surface area contributed by atoms with Gasteiger partial charge in [-0.05, 0) is 39.8 Å². The summed E-state index contributed by atoms with van der Waals surface area (Å²) in [6, 6.07) is 3.07. The molecule has 18 heavy (non-hydrogen) atoms. The number of hydrogen-bond acceptors (Lipinski definition) is 5. The van der Waals surface area contributed by atoms with Crippen molar-refractivity contribution in [2.24, 2.45) is 0 Å². The van der Waals surface area contributed by atoms with Crippen molar-refractivity contribution < 1.29 is 19.1 Å². The first-order valence-electron chi connectivity index (χ1n) is 5.78. The zero-order valence-electron chi connectivity index (χ0n) is 11.0. The third kappa shape index (κ3) is 3.84. The van der Waals surface area contributed by atoms with E-state index < -0.39 is 11.9 Å². The molecule has 0 N–H and O–H groups in total. The Bertz CT molecular complexity index is 399. The van der Waals surface area contributed by atoms with Crippen LogP contribution in [0, 0.1) is 0 Å². The van der Waals surface area contributed by atoms with Crippen LogP contribution in [0.3, 0.4) is 0 Å². The van der Waals surface area contributed by atoms with E-state index in [9.17, 15) is 9.59 Å². The summed E-state index contributed by atoms with van der Waals surface area (Å²) >= 11 is 0. The highest BCUT2D eigenvalue weighted by molar-refractivity contribution is 6.01. The maximum Gasteiger partial charge on any atom is 0.358 e. The molecule has 0 saturated heterocycles. The van der Waals surface area contributed by atoms with E-state index in [0.29, 0.717) is 0 Å². The minimum absolute atomic E-state index is 0.0168. The van der Waals surface area contributed by atoms with Crippen molar-refractivity contribution in [2.75, 3.05) is 0 Å². The Labute approximate surface area is 106 Å². The molecule has 1 heterocycles. The highest BCUT2D eigenvalue weighted by Gasteiger charge is 2.21. The van der Waals surface area contributed by atoms with Gasteiger partial charge in [-0.15, -0.1) is 0 Å². The number of esters is 2. The van der Waals surface area contributed by atoms with E-state index in [0.717, 1.165) is 0 Å². The summed E-state index contributed by atoms with van der Waals surface area (Å²) in [5, 5.41) is 0. The van der Waals surface area contributed by atoms with Crippen LogP contribution in [0.5, 0.6) is 0 Å². The lowest BCUT2D eigenvalue weighted by atomic mass is 10.2. The van der Waals surface area contributed by atoms with Crippen molar-refractivity contribution in [3.05, 3.63) is 29.6 Å². The molecule has 1 aromatic rings. The molecule has 0 radical (unpaired) electrons. The average Bonchev–Trinajstić information content (AvgIpc) is 2.27. The Kier molecular flexibility index (Phi) is 4.83. The van der Waals surface area contributed by atoms with Gasteiger partial charge in [0.1, 0.15) is 0 Å². The molecule has 1 rings (SSSR count). The van der Waals surface area contributed by atoms with E-state index in [1.807, 2.05) is 0 Å². The maximum atomic E-state index is 11.8. The molecule has 0 fully saturated rings. The number of ether oxygens (including phenoxy) is 2. The van der Waals surface area contributed by atoms with Gasteiger partial charge in [-0.2, -0.15) is 0 Å². The van der Waals surface area contributed by atoms with Crippen molar-refractivity contribution in [2.45, 2.75) is 39.9 Å². The standard InChI is InChI=1S/C13H17NO4/c1-8(2)17-12(15)10-6-5-7-14-11(10)13(16)18-9(3)4/h5-9H,1-4H3. The summed E-state index contributed by atoms with van der Waals surface area (Å²) in [4.78, 5) is 27.5. The van der Waals surface area contributed by atoms with Crippen molar-refractivity contribution in [3.63, 3.8) is 0 Å². The molecule has 98 valence electrons. The monoisotopic (exact) mass is 251 g/mol. The predicted octanol–water partition coefficient (Wildman–Crippen LogP) is 2.21. The van der Waals surface area contributed by atoms with E-state index in [1.165, 1.54) is 12.3 Å². The summed E-state index contributed by atoms with van der Waals surface area (Å²) in [7, 11) is 0. The molecule has 1 aromatic heterocycles. The Balaban J connectivity index is 2.99. The van der Waals surface area contributed by atoms with E-state index >= 15 is 0 Å². The van der Waals surface area contributed by atoms with E-state index in [2.05, 4.69) is 4.98 Å². The van der Waals surface area contributed by atoms with Gasteiger partial charge in [0.25, 0.3) is 0 Å². The van der Waals surface area contributed by atoms with Crippen LogP contribution in [0.25, 0.3) is 0 Å². The van der Waals surface area contributed by atoms with Crippen molar-refractivity contribution in [1.29, 1.82) is 0 Å². The number of aromatic nitrogens is 1. The quantitative estimate of drug-likeness (QED) is 0.767. The summed E-state index contributed by atoms with van der Waals surface area (Å²) in [5.41, 5.74) is 0.105. The highest BCUT2D eigenvalue weighted by Crippen LogP contribution is 2.11. The minimum atomic E-state index is -0.624. The molecule has 0 amide bonds. The Morgan fingerprint density at radius 2 is 1.61 bits per heavy atom. The molecule has 5 heteroatoms. The Morgan fingerprint density at radius 1 is 1.06 bits per heavy atom. The molecule has 0 saturated carbocycles. The van der Waals surface area contributed by atoms with Crippen molar-refractivity contribution in [1.82, 2.24) is 4.98 Å². The fourth-order valence-corrected chi connectivity index (χ4v) is 1.28.